The van der Waals surface area contributed by atoms with Gasteiger partial charge in [-0.1, -0.05) is 0 Å². The normalized spacial score (nSPS) is 10.6. The minimum absolute atomic E-state index is 0.0506. The van der Waals surface area contributed by atoms with Crippen LogP contribution in [0, 0.1) is 0 Å². The maximum atomic E-state index is 10.6. The molecule has 2 heterocycles. The first-order valence-corrected chi connectivity index (χ1v) is 4.97. The van der Waals surface area contributed by atoms with Crippen LogP contribution in [0.15, 0.2) is 24.7 Å². The molecule has 1 N–H and O–H groups in total. The van der Waals surface area contributed by atoms with Gasteiger partial charge in [0.2, 0.25) is 0 Å². The van der Waals surface area contributed by atoms with Crippen LogP contribution in [0.3, 0.4) is 0 Å². The van der Waals surface area contributed by atoms with Crippen LogP contribution in [0.1, 0.15) is 23.2 Å². The summed E-state index contributed by atoms with van der Waals surface area (Å²) in [6.07, 6.45) is 5.25. The van der Waals surface area contributed by atoms with Gasteiger partial charge in [0.1, 0.15) is 5.82 Å². The molecule has 2 aromatic heterocycles. The van der Waals surface area contributed by atoms with Crippen molar-refractivity contribution in [2.75, 3.05) is 0 Å². The van der Waals surface area contributed by atoms with Crippen molar-refractivity contribution in [3.63, 3.8) is 0 Å². The quantitative estimate of drug-likeness (QED) is 0.828. The zero-order chi connectivity index (χ0) is 11.5. The molecule has 0 radical (unpaired) electrons. The zero-order valence-corrected chi connectivity index (χ0v) is 8.87. The summed E-state index contributed by atoms with van der Waals surface area (Å²) in [6.45, 7) is 3.34. The summed E-state index contributed by atoms with van der Waals surface area (Å²) < 4.78 is 3.56. The molecule has 0 aliphatic carbocycles. The number of hydrogen-bond donors (Lipinski definition) is 1. The zero-order valence-electron chi connectivity index (χ0n) is 8.87. The maximum Gasteiger partial charge on any atom is 0.356 e. The number of aryl methyl sites for hydroxylation is 1. The average Bonchev–Trinajstić information content (AvgIpc) is 2.87. The van der Waals surface area contributed by atoms with E-state index in [9.17, 15) is 4.79 Å². The minimum Gasteiger partial charge on any atom is -0.476 e. The predicted octanol–water partition coefficient (Wildman–Crippen LogP) is 0.846. The number of rotatable bonds is 4. The highest BCUT2D eigenvalue weighted by Crippen LogP contribution is 2.02. The Morgan fingerprint density at radius 1 is 1.50 bits per heavy atom. The standard InChI is InChI=1S/C10H12N4O2/c1-2-13-6-4-11-9(13)7-14-5-3-8(12-14)10(15)16/h3-6H,2,7H2,1H3,(H,15,16). The largest absolute Gasteiger partial charge is 0.476 e. The number of hydrogen-bond acceptors (Lipinski definition) is 3. The smallest absolute Gasteiger partial charge is 0.356 e. The van der Waals surface area contributed by atoms with Crippen molar-refractivity contribution in [1.82, 2.24) is 19.3 Å². The summed E-state index contributed by atoms with van der Waals surface area (Å²) in [5.74, 6) is -0.153. The highest BCUT2D eigenvalue weighted by atomic mass is 16.4. The summed E-state index contributed by atoms with van der Waals surface area (Å²) >= 11 is 0. The Balaban J connectivity index is 2.17. The average molecular weight is 220 g/mol. The molecule has 2 rings (SSSR count). The Labute approximate surface area is 92.2 Å². The molecule has 0 unspecified atom stereocenters. The number of aromatic carboxylic acids is 1. The van der Waals surface area contributed by atoms with E-state index >= 15 is 0 Å². The fourth-order valence-electron chi connectivity index (χ4n) is 1.49. The second-order valence-electron chi connectivity index (χ2n) is 3.33. The monoisotopic (exact) mass is 220 g/mol. The molecule has 0 aliphatic rings. The second-order valence-corrected chi connectivity index (χ2v) is 3.33. The van der Waals surface area contributed by atoms with Crippen LogP contribution in [0.4, 0.5) is 0 Å². The number of nitrogens with zero attached hydrogens (tertiary/aromatic N) is 4. The van der Waals surface area contributed by atoms with Gasteiger partial charge in [0.15, 0.2) is 5.69 Å². The van der Waals surface area contributed by atoms with Gasteiger partial charge < -0.3 is 9.67 Å². The van der Waals surface area contributed by atoms with Gasteiger partial charge in [-0.25, -0.2) is 9.78 Å². The van der Waals surface area contributed by atoms with Crippen molar-refractivity contribution in [3.05, 3.63) is 36.2 Å². The van der Waals surface area contributed by atoms with Gasteiger partial charge in [0, 0.05) is 25.1 Å². The molecular formula is C10H12N4O2. The van der Waals surface area contributed by atoms with Crippen molar-refractivity contribution in [2.45, 2.75) is 20.0 Å². The van der Waals surface area contributed by atoms with Crippen LogP contribution in [0.2, 0.25) is 0 Å². The molecule has 84 valence electrons. The third-order valence-electron chi connectivity index (χ3n) is 2.31. The molecule has 0 atom stereocenters. The summed E-state index contributed by atoms with van der Waals surface area (Å²) in [5, 5.41) is 12.7. The topological polar surface area (TPSA) is 72.9 Å². The third kappa shape index (κ3) is 1.95. The lowest BCUT2D eigenvalue weighted by molar-refractivity contribution is 0.0689. The van der Waals surface area contributed by atoms with Gasteiger partial charge in [-0.15, -0.1) is 0 Å². The Bertz CT molecular complexity index is 500. The van der Waals surface area contributed by atoms with Crippen LogP contribution >= 0.6 is 0 Å². The lowest BCUT2D eigenvalue weighted by Crippen LogP contribution is -2.09. The van der Waals surface area contributed by atoms with Crippen LogP contribution < -0.4 is 0 Å². The second kappa shape index (κ2) is 4.18. The number of carboxylic acids is 1. The van der Waals surface area contributed by atoms with E-state index in [0.717, 1.165) is 12.4 Å². The lowest BCUT2D eigenvalue weighted by atomic mass is 10.5. The highest BCUT2D eigenvalue weighted by molar-refractivity contribution is 5.85. The van der Waals surface area contributed by atoms with Gasteiger partial charge in [-0.05, 0) is 13.0 Å². The van der Waals surface area contributed by atoms with Crippen molar-refractivity contribution in [3.8, 4) is 0 Å². The number of carbonyl (C=O) groups is 1. The molecule has 0 bridgehead atoms. The summed E-state index contributed by atoms with van der Waals surface area (Å²) in [7, 11) is 0. The summed E-state index contributed by atoms with van der Waals surface area (Å²) in [6, 6.07) is 1.47. The predicted molar refractivity (Wildman–Crippen MR) is 56.2 cm³/mol. The third-order valence-corrected chi connectivity index (χ3v) is 2.31. The molecular weight excluding hydrogens is 208 g/mol. The number of imidazole rings is 1. The molecule has 0 aliphatic heterocycles. The summed E-state index contributed by atoms with van der Waals surface area (Å²) in [5.41, 5.74) is 0.0506. The molecule has 0 aromatic carbocycles. The minimum atomic E-state index is -1.02. The first-order valence-electron chi connectivity index (χ1n) is 4.97. The molecule has 16 heavy (non-hydrogen) atoms. The molecule has 0 spiro atoms. The maximum absolute atomic E-state index is 10.6. The van der Waals surface area contributed by atoms with E-state index in [1.807, 2.05) is 17.7 Å². The number of aromatic nitrogens is 4. The molecule has 0 saturated carbocycles. The lowest BCUT2D eigenvalue weighted by Gasteiger charge is -2.04. The fourth-order valence-corrected chi connectivity index (χ4v) is 1.49. The molecule has 2 aromatic rings. The Kier molecular flexibility index (Phi) is 2.72. The van der Waals surface area contributed by atoms with Crippen LogP contribution in [-0.2, 0) is 13.1 Å². The fraction of sp³-hybridized carbons (Fsp3) is 0.300. The van der Waals surface area contributed by atoms with E-state index in [1.54, 1.807) is 17.1 Å². The van der Waals surface area contributed by atoms with E-state index in [-0.39, 0.29) is 5.69 Å². The van der Waals surface area contributed by atoms with Gasteiger partial charge in [-0.3, -0.25) is 4.68 Å². The molecule has 0 fully saturated rings. The first-order chi connectivity index (χ1) is 7.70. The number of carboxylic acid groups (broad SMARTS) is 1. The van der Waals surface area contributed by atoms with Crippen LogP contribution in [0.25, 0.3) is 0 Å². The van der Waals surface area contributed by atoms with Crippen molar-refractivity contribution in [1.29, 1.82) is 0 Å². The van der Waals surface area contributed by atoms with Gasteiger partial charge in [0.25, 0.3) is 0 Å². The van der Waals surface area contributed by atoms with E-state index in [1.165, 1.54) is 6.07 Å². The van der Waals surface area contributed by atoms with Crippen molar-refractivity contribution in [2.24, 2.45) is 0 Å². The SMILES string of the molecule is CCn1ccnc1Cn1ccc(C(=O)O)n1. The highest BCUT2D eigenvalue weighted by Gasteiger charge is 2.08. The van der Waals surface area contributed by atoms with Gasteiger partial charge in [-0.2, -0.15) is 5.10 Å². The molecule has 0 amide bonds. The molecule has 6 nitrogen and oxygen atoms in total. The van der Waals surface area contributed by atoms with E-state index in [4.69, 9.17) is 5.11 Å². The molecule has 6 heteroatoms. The van der Waals surface area contributed by atoms with Gasteiger partial charge in [0.05, 0.1) is 6.54 Å². The van der Waals surface area contributed by atoms with E-state index < -0.39 is 5.97 Å². The van der Waals surface area contributed by atoms with Crippen molar-refractivity contribution < 1.29 is 9.90 Å². The van der Waals surface area contributed by atoms with Crippen molar-refractivity contribution >= 4 is 5.97 Å². The Morgan fingerprint density at radius 2 is 2.31 bits per heavy atom. The van der Waals surface area contributed by atoms with Gasteiger partial charge >= 0.3 is 5.97 Å². The summed E-state index contributed by atoms with van der Waals surface area (Å²) in [4.78, 5) is 14.8. The molecule has 0 saturated heterocycles. The van der Waals surface area contributed by atoms with Crippen LogP contribution in [-0.4, -0.2) is 30.4 Å². The Morgan fingerprint density at radius 3 is 2.94 bits per heavy atom. The van der Waals surface area contributed by atoms with Crippen LogP contribution in [0.5, 0.6) is 0 Å². The van der Waals surface area contributed by atoms with E-state index in [2.05, 4.69) is 10.1 Å². The first kappa shape index (κ1) is 10.4. The van der Waals surface area contributed by atoms with E-state index in [0.29, 0.717) is 6.54 Å². The Hall–Kier alpha value is -2.11.